The zero-order chi connectivity index (χ0) is 14.9. The van der Waals surface area contributed by atoms with Crippen molar-refractivity contribution in [3.63, 3.8) is 0 Å². The first-order valence-electron chi connectivity index (χ1n) is 7.80. The predicted octanol–water partition coefficient (Wildman–Crippen LogP) is 3.49. The maximum Gasteiger partial charge on any atom is 0.140 e. The van der Waals surface area contributed by atoms with E-state index >= 15 is 0 Å². The van der Waals surface area contributed by atoms with Gasteiger partial charge in [0.05, 0.1) is 11.0 Å². The van der Waals surface area contributed by atoms with Crippen LogP contribution >= 0.6 is 24.8 Å². The van der Waals surface area contributed by atoms with Crippen LogP contribution in [0.1, 0.15) is 0 Å². The molecule has 1 aliphatic heterocycles. The second-order valence-corrected chi connectivity index (χ2v) is 5.77. The summed E-state index contributed by atoms with van der Waals surface area (Å²) in [5, 5.41) is 3.40. The number of nitrogens with one attached hydrogen (secondary N) is 1. The first-order valence-corrected chi connectivity index (χ1v) is 7.80. The number of rotatable bonds is 2. The second-order valence-electron chi connectivity index (χ2n) is 5.77. The van der Waals surface area contributed by atoms with Crippen molar-refractivity contribution in [1.82, 2.24) is 14.9 Å². The van der Waals surface area contributed by atoms with Gasteiger partial charge in [-0.3, -0.25) is 0 Å². The molecule has 0 aliphatic carbocycles. The van der Waals surface area contributed by atoms with Crippen molar-refractivity contribution in [2.24, 2.45) is 7.05 Å². The highest BCUT2D eigenvalue weighted by atomic mass is 35.5. The molecule has 1 N–H and O–H groups in total. The fourth-order valence-electron chi connectivity index (χ4n) is 3.17. The van der Waals surface area contributed by atoms with Crippen LogP contribution in [0.5, 0.6) is 0 Å². The minimum absolute atomic E-state index is 0. The van der Waals surface area contributed by atoms with E-state index < -0.39 is 0 Å². The molecule has 2 heterocycles. The number of benzene rings is 2. The highest BCUT2D eigenvalue weighted by Gasteiger charge is 2.13. The molecule has 0 amide bonds. The lowest BCUT2D eigenvalue weighted by atomic mass is 10.1. The van der Waals surface area contributed by atoms with Gasteiger partial charge >= 0.3 is 0 Å². The van der Waals surface area contributed by atoms with Gasteiger partial charge in [-0.05, 0) is 24.3 Å². The van der Waals surface area contributed by atoms with E-state index in [1.807, 2.05) is 6.07 Å². The van der Waals surface area contributed by atoms with E-state index in [4.69, 9.17) is 4.98 Å². The Bertz CT molecular complexity index is 810. The molecular formula is C18H22Cl2N4. The molecule has 0 spiro atoms. The van der Waals surface area contributed by atoms with Gasteiger partial charge in [-0.15, -0.1) is 24.8 Å². The van der Waals surface area contributed by atoms with Crippen LogP contribution in [0.25, 0.3) is 22.4 Å². The molecule has 0 bridgehead atoms. The molecule has 0 saturated carbocycles. The number of aryl methyl sites for hydroxylation is 1. The summed E-state index contributed by atoms with van der Waals surface area (Å²) in [7, 11) is 2.09. The third-order valence-corrected chi connectivity index (χ3v) is 4.37. The molecule has 4 nitrogen and oxygen atoms in total. The van der Waals surface area contributed by atoms with Gasteiger partial charge < -0.3 is 14.8 Å². The highest BCUT2D eigenvalue weighted by molar-refractivity contribution is 5.85. The minimum Gasteiger partial charge on any atom is -0.369 e. The minimum atomic E-state index is 0. The third-order valence-electron chi connectivity index (χ3n) is 4.37. The van der Waals surface area contributed by atoms with Gasteiger partial charge in [0.2, 0.25) is 0 Å². The monoisotopic (exact) mass is 364 g/mol. The Morgan fingerprint density at radius 2 is 1.71 bits per heavy atom. The molecule has 0 unspecified atom stereocenters. The quantitative estimate of drug-likeness (QED) is 0.755. The lowest BCUT2D eigenvalue weighted by Crippen LogP contribution is -2.43. The van der Waals surface area contributed by atoms with Gasteiger partial charge in [0.25, 0.3) is 0 Å². The number of para-hydroxylation sites is 2. The summed E-state index contributed by atoms with van der Waals surface area (Å²) in [4.78, 5) is 7.23. The number of fused-ring (bicyclic) bond motifs is 1. The van der Waals surface area contributed by atoms with Crippen molar-refractivity contribution >= 4 is 41.5 Å². The molecule has 1 aliphatic rings. The Morgan fingerprint density at radius 1 is 0.958 bits per heavy atom. The first-order chi connectivity index (χ1) is 10.8. The van der Waals surface area contributed by atoms with Gasteiger partial charge in [-0.1, -0.05) is 24.3 Å². The van der Waals surface area contributed by atoms with Crippen molar-refractivity contribution in [2.75, 3.05) is 31.1 Å². The van der Waals surface area contributed by atoms with Gasteiger partial charge in [0, 0.05) is 44.5 Å². The van der Waals surface area contributed by atoms with Crippen LogP contribution in [0.3, 0.4) is 0 Å². The zero-order valence-corrected chi connectivity index (χ0v) is 15.2. The molecule has 0 radical (unpaired) electrons. The fourth-order valence-corrected chi connectivity index (χ4v) is 3.17. The molecule has 3 aromatic rings. The lowest BCUT2D eigenvalue weighted by molar-refractivity contribution is 0.589. The summed E-state index contributed by atoms with van der Waals surface area (Å²) in [5.41, 5.74) is 4.68. The SMILES string of the molecule is Cl.Cl.Cn1c(-c2cccc(N3CCNCC3)c2)nc2ccccc21. The maximum absolute atomic E-state index is 4.80. The molecular weight excluding hydrogens is 343 g/mol. The normalized spacial score (nSPS) is 14.1. The van der Waals surface area contributed by atoms with E-state index in [1.165, 1.54) is 16.8 Å². The van der Waals surface area contributed by atoms with Crippen molar-refractivity contribution in [1.29, 1.82) is 0 Å². The van der Waals surface area contributed by atoms with E-state index in [9.17, 15) is 0 Å². The van der Waals surface area contributed by atoms with Crippen molar-refractivity contribution in [3.8, 4) is 11.4 Å². The molecule has 4 rings (SSSR count). The number of nitrogens with zero attached hydrogens (tertiary/aromatic N) is 3. The lowest BCUT2D eigenvalue weighted by Gasteiger charge is -2.29. The second kappa shape index (κ2) is 7.88. The van der Waals surface area contributed by atoms with Gasteiger partial charge in [0.15, 0.2) is 0 Å². The highest BCUT2D eigenvalue weighted by Crippen LogP contribution is 2.27. The first kappa shape index (κ1) is 18.6. The Balaban J connectivity index is 0.00000104. The fraction of sp³-hybridized carbons (Fsp3) is 0.278. The predicted molar refractivity (Wildman–Crippen MR) is 106 cm³/mol. The van der Waals surface area contributed by atoms with Crippen LogP contribution in [0.2, 0.25) is 0 Å². The Morgan fingerprint density at radius 3 is 2.46 bits per heavy atom. The Labute approximate surface area is 154 Å². The van der Waals surface area contributed by atoms with Crippen LogP contribution in [-0.4, -0.2) is 35.7 Å². The average Bonchev–Trinajstić information content (AvgIpc) is 2.93. The number of piperazine rings is 1. The molecule has 0 atom stereocenters. The van der Waals surface area contributed by atoms with Crippen LogP contribution in [0.4, 0.5) is 5.69 Å². The Hall–Kier alpha value is -1.75. The summed E-state index contributed by atoms with van der Waals surface area (Å²) in [6.45, 7) is 4.23. The van der Waals surface area contributed by atoms with Gasteiger partial charge in [-0.2, -0.15) is 0 Å². The molecule has 6 heteroatoms. The number of hydrogen-bond acceptors (Lipinski definition) is 3. The number of anilines is 1. The van der Waals surface area contributed by atoms with Crippen LogP contribution in [-0.2, 0) is 7.05 Å². The van der Waals surface area contributed by atoms with Gasteiger partial charge in [0.1, 0.15) is 5.82 Å². The summed E-state index contributed by atoms with van der Waals surface area (Å²) in [6.07, 6.45) is 0. The molecule has 24 heavy (non-hydrogen) atoms. The van der Waals surface area contributed by atoms with Crippen molar-refractivity contribution < 1.29 is 0 Å². The molecule has 1 aromatic heterocycles. The molecule has 128 valence electrons. The van der Waals surface area contributed by atoms with Crippen LogP contribution < -0.4 is 10.2 Å². The summed E-state index contributed by atoms with van der Waals surface area (Å²) in [6, 6.07) is 17.0. The zero-order valence-electron chi connectivity index (χ0n) is 13.6. The smallest absolute Gasteiger partial charge is 0.140 e. The molecule has 2 aromatic carbocycles. The van der Waals surface area contributed by atoms with Gasteiger partial charge in [-0.25, -0.2) is 4.98 Å². The number of aromatic nitrogens is 2. The third kappa shape index (κ3) is 3.36. The Kier molecular flexibility index (Phi) is 6.10. The standard InChI is InChI=1S/C18H20N4.2ClH/c1-21-17-8-3-2-7-16(17)20-18(21)14-5-4-6-15(13-14)22-11-9-19-10-12-22;;/h2-8,13,19H,9-12H2,1H3;2*1H. The number of hydrogen-bond donors (Lipinski definition) is 1. The van der Waals surface area contributed by atoms with E-state index in [1.54, 1.807) is 0 Å². The number of halogens is 2. The van der Waals surface area contributed by atoms with E-state index in [0.717, 1.165) is 37.5 Å². The molecule has 1 saturated heterocycles. The van der Waals surface area contributed by atoms with E-state index in [-0.39, 0.29) is 24.8 Å². The van der Waals surface area contributed by atoms with Crippen LogP contribution in [0.15, 0.2) is 48.5 Å². The summed E-state index contributed by atoms with van der Waals surface area (Å²) >= 11 is 0. The van der Waals surface area contributed by atoms with E-state index in [2.05, 4.69) is 64.3 Å². The number of imidazole rings is 1. The topological polar surface area (TPSA) is 33.1 Å². The largest absolute Gasteiger partial charge is 0.369 e. The van der Waals surface area contributed by atoms with Crippen molar-refractivity contribution in [3.05, 3.63) is 48.5 Å². The summed E-state index contributed by atoms with van der Waals surface area (Å²) < 4.78 is 2.17. The molecule has 1 fully saturated rings. The van der Waals surface area contributed by atoms with Crippen LogP contribution in [0, 0.1) is 0 Å². The maximum atomic E-state index is 4.80. The van der Waals surface area contributed by atoms with E-state index in [0.29, 0.717) is 0 Å². The van der Waals surface area contributed by atoms with Crippen molar-refractivity contribution in [2.45, 2.75) is 0 Å². The average molecular weight is 365 g/mol. The summed E-state index contributed by atoms with van der Waals surface area (Å²) in [5.74, 6) is 1.03.